The molecule has 0 bridgehead atoms. The summed E-state index contributed by atoms with van der Waals surface area (Å²) in [4.78, 5) is 28.5. The maximum atomic E-state index is 13.6. The van der Waals surface area contributed by atoms with E-state index < -0.39 is 28.5 Å². The van der Waals surface area contributed by atoms with Gasteiger partial charge in [0.05, 0.1) is 10.5 Å². The van der Waals surface area contributed by atoms with E-state index in [0.717, 1.165) is 16.8 Å². The summed E-state index contributed by atoms with van der Waals surface area (Å²) in [6.45, 7) is 1.87. The number of ether oxygens (including phenoxy) is 1. The zero-order chi connectivity index (χ0) is 27.6. The van der Waals surface area contributed by atoms with Crippen LogP contribution in [0.3, 0.4) is 0 Å². The van der Waals surface area contributed by atoms with Gasteiger partial charge in [0.2, 0.25) is 10.0 Å². The SMILES string of the molecule is O=C(O)COc1ccc(S(=O)(=O)N2CCc3ccccc3C2)cc1C(=O)N1CCN(c2ccc(Cl)cc2)CC1. The fourth-order valence-electron chi connectivity index (χ4n) is 4.92. The molecule has 204 valence electrons. The molecule has 2 aliphatic rings. The van der Waals surface area contributed by atoms with Crippen LogP contribution in [0.4, 0.5) is 5.69 Å². The van der Waals surface area contributed by atoms with Gasteiger partial charge in [0.15, 0.2) is 6.61 Å². The van der Waals surface area contributed by atoms with Gasteiger partial charge in [0, 0.05) is 50.0 Å². The Morgan fingerprint density at radius 1 is 0.897 bits per heavy atom. The van der Waals surface area contributed by atoms with E-state index in [2.05, 4.69) is 4.90 Å². The number of carboxylic acids is 1. The van der Waals surface area contributed by atoms with Gasteiger partial charge in [-0.1, -0.05) is 35.9 Å². The van der Waals surface area contributed by atoms with Crippen LogP contribution in [-0.4, -0.2) is 73.9 Å². The van der Waals surface area contributed by atoms with Crippen molar-refractivity contribution in [3.63, 3.8) is 0 Å². The molecule has 1 fully saturated rings. The fourth-order valence-corrected chi connectivity index (χ4v) is 6.49. The van der Waals surface area contributed by atoms with Crippen LogP contribution in [0.2, 0.25) is 5.02 Å². The lowest BCUT2D eigenvalue weighted by Crippen LogP contribution is -2.49. The fraction of sp³-hybridized carbons (Fsp3) is 0.286. The van der Waals surface area contributed by atoms with Crippen molar-refractivity contribution in [3.05, 3.63) is 88.4 Å². The molecule has 9 nitrogen and oxygen atoms in total. The van der Waals surface area contributed by atoms with E-state index in [-0.39, 0.29) is 22.8 Å². The molecule has 1 N–H and O–H groups in total. The first-order valence-corrected chi connectivity index (χ1v) is 14.4. The Hall–Kier alpha value is -3.60. The summed E-state index contributed by atoms with van der Waals surface area (Å²) in [6, 6.07) is 19.2. The molecule has 0 aromatic heterocycles. The summed E-state index contributed by atoms with van der Waals surface area (Å²) in [6.07, 6.45) is 0.596. The third-order valence-electron chi connectivity index (χ3n) is 7.02. The van der Waals surface area contributed by atoms with Crippen LogP contribution in [0.1, 0.15) is 21.5 Å². The molecule has 11 heteroatoms. The minimum atomic E-state index is -3.92. The summed E-state index contributed by atoms with van der Waals surface area (Å²) in [7, 11) is -3.92. The van der Waals surface area contributed by atoms with E-state index in [1.165, 1.54) is 22.5 Å². The summed E-state index contributed by atoms with van der Waals surface area (Å²) in [5.74, 6) is -1.58. The van der Waals surface area contributed by atoms with E-state index >= 15 is 0 Å². The molecule has 0 atom stereocenters. The lowest BCUT2D eigenvalue weighted by Gasteiger charge is -2.36. The number of nitrogens with zero attached hydrogens (tertiary/aromatic N) is 3. The predicted octanol–water partition coefficient (Wildman–Crippen LogP) is 3.51. The zero-order valence-corrected chi connectivity index (χ0v) is 22.7. The lowest BCUT2D eigenvalue weighted by atomic mass is 10.0. The highest BCUT2D eigenvalue weighted by molar-refractivity contribution is 7.89. The Kier molecular flexibility index (Phi) is 7.79. The number of anilines is 1. The van der Waals surface area contributed by atoms with E-state index in [0.29, 0.717) is 44.2 Å². The number of hydrogen-bond donors (Lipinski definition) is 1. The normalized spacial score (nSPS) is 16.0. The van der Waals surface area contributed by atoms with Gasteiger partial charge < -0.3 is 19.6 Å². The number of carbonyl (C=O) groups excluding carboxylic acids is 1. The molecule has 0 unspecified atom stereocenters. The summed E-state index contributed by atoms with van der Waals surface area (Å²) in [5, 5.41) is 9.75. The Bertz CT molecular complexity index is 1490. The van der Waals surface area contributed by atoms with Crippen molar-refractivity contribution in [2.75, 3.05) is 44.2 Å². The number of piperazine rings is 1. The van der Waals surface area contributed by atoms with Gasteiger partial charge >= 0.3 is 5.97 Å². The van der Waals surface area contributed by atoms with Gasteiger partial charge in [-0.15, -0.1) is 0 Å². The Morgan fingerprint density at radius 3 is 2.28 bits per heavy atom. The average Bonchev–Trinajstić information content (AvgIpc) is 2.95. The van der Waals surface area contributed by atoms with Gasteiger partial charge in [-0.3, -0.25) is 4.79 Å². The molecule has 0 aliphatic carbocycles. The second-order valence-electron chi connectivity index (χ2n) is 9.45. The molecule has 3 aromatic rings. The summed E-state index contributed by atoms with van der Waals surface area (Å²) in [5.41, 5.74) is 3.08. The van der Waals surface area contributed by atoms with E-state index in [1.54, 1.807) is 4.90 Å². The molecule has 1 amide bonds. The van der Waals surface area contributed by atoms with Crippen molar-refractivity contribution in [1.82, 2.24) is 9.21 Å². The van der Waals surface area contributed by atoms with Crippen molar-refractivity contribution >= 4 is 39.2 Å². The standard InChI is InChI=1S/C28H28ClN3O6S/c29-22-5-7-23(8-6-22)30-13-15-31(16-14-30)28(35)25-17-24(9-10-26(25)38-19-27(33)34)39(36,37)32-12-11-20-3-1-2-4-21(20)18-32/h1-10,17H,11-16,18-19H2,(H,33,34). The first kappa shape index (κ1) is 27.0. The molecule has 2 aliphatic heterocycles. The Balaban J connectivity index is 1.38. The lowest BCUT2D eigenvalue weighted by molar-refractivity contribution is -0.139. The number of rotatable bonds is 7. The highest BCUT2D eigenvalue weighted by Gasteiger charge is 2.31. The molecule has 2 heterocycles. The van der Waals surface area contributed by atoms with Crippen LogP contribution < -0.4 is 9.64 Å². The molecule has 0 spiro atoms. The number of aliphatic carboxylic acids is 1. The molecular weight excluding hydrogens is 542 g/mol. The third-order valence-corrected chi connectivity index (χ3v) is 9.12. The van der Waals surface area contributed by atoms with Crippen LogP contribution in [0.25, 0.3) is 0 Å². The summed E-state index contributed by atoms with van der Waals surface area (Å²) < 4.78 is 34.0. The number of carboxylic acid groups (broad SMARTS) is 1. The topological polar surface area (TPSA) is 107 Å². The van der Waals surface area contributed by atoms with Crippen LogP contribution >= 0.6 is 11.6 Å². The number of carbonyl (C=O) groups is 2. The largest absolute Gasteiger partial charge is 0.481 e. The predicted molar refractivity (Wildman–Crippen MR) is 147 cm³/mol. The van der Waals surface area contributed by atoms with Crippen LogP contribution in [0.15, 0.2) is 71.6 Å². The quantitative estimate of drug-likeness (QED) is 0.464. The third kappa shape index (κ3) is 5.88. The van der Waals surface area contributed by atoms with Crippen molar-refractivity contribution < 1.29 is 27.9 Å². The Labute approximate surface area is 232 Å². The highest BCUT2D eigenvalue weighted by Crippen LogP contribution is 2.30. The molecule has 0 saturated carbocycles. The summed E-state index contributed by atoms with van der Waals surface area (Å²) >= 11 is 5.99. The zero-order valence-electron chi connectivity index (χ0n) is 21.1. The van der Waals surface area contributed by atoms with Crippen molar-refractivity contribution in [2.24, 2.45) is 0 Å². The minimum absolute atomic E-state index is 0.0228. The number of sulfonamides is 1. The van der Waals surface area contributed by atoms with Gasteiger partial charge in [0.25, 0.3) is 5.91 Å². The van der Waals surface area contributed by atoms with Gasteiger partial charge in [-0.25, -0.2) is 13.2 Å². The molecular formula is C28H28ClN3O6S. The molecule has 3 aromatic carbocycles. The van der Waals surface area contributed by atoms with E-state index in [4.69, 9.17) is 21.4 Å². The van der Waals surface area contributed by atoms with Crippen molar-refractivity contribution in [2.45, 2.75) is 17.9 Å². The second kappa shape index (κ2) is 11.3. The van der Waals surface area contributed by atoms with Crippen LogP contribution in [0, 0.1) is 0 Å². The molecule has 5 rings (SSSR count). The van der Waals surface area contributed by atoms with Gasteiger partial charge in [-0.05, 0) is 60.0 Å². The monoisotopic (exact) mass is 569 g/mol. The number of fused-ring (bicyclic) bond motifs is 1. The maximum Gasteiger partial charge on any atom is 0.341 e. The van der Waals surface area contributed by atoms with E-state index in [9.17, 15) is 18.0 Å². The smallest absolute Gasteiger partial charge is 0.341 e. The average molecular weight is 570 g/mol. The Morgan fingerprint density at radius 2 is 1.59 bits per heavy atom. The molecule has 1 saturated heterocycles. The van der Waals surface area contributed by atoms with Crippen LogP contribution in [-0.2, 0) is 27.8 Å². The maximum absolute atomic E-state index is 13.6. The van der Waals surface area contributed by atoms with Gasteiger partial charge in [0.1, 0.15) is 5.75 Å². The molecule has 0 radical (unpaired) electrons. The van der Waals surface area contributed by atoms with Crippen molar-refractivity contribution in [1.29, 1.82) is 0 Å². The van der Waals surface area contributed by atoms with Gasteiger partial charge in [-0.2, -0.15) is 4.31 Å². The number of halogens is 1. The van der Waals surface area contributed by atoms with Crippen LogP contribution in [0.5, 0.6) is 5.75 Å². The first-order valence-electron chi connectivity index (χ1n) is 12.6. The van der Waals surface area contributed by atoms with Crippen molar-refractivity contribution in [3.8, 4) is 5.75 Å². The molecule has 39 heavy (non-hydrogen) atoms. The first-order chi connectivity index (χ1) is 18.7. The van der Waals surface area contributed by atoms with E-state index in [1.807, 2.05) is 48.5 Å². The number of hydrogen-bond acceptors (Lipinski definition) is 6. The second-order valence-corrected chi connectivity index (χ2v) is 11.8. The number of amides is 1. The minimum Gasteiger partial charge on any atom is -0.481 e. The highest BCUT2D eigenvalue weighted by atomic mass is 35.5. The number of benzene rings is 3.